The predicted molar refractivity (Wildman–Crippen MR) is 87.5 cm³/mol. The highest BCUT2D eigenvalue weighted by molar-refractivity contribution is 7.95. The molecule has 9 heteroatoms. The molecule has 7 nitrogen and oxygen atoms in total. The Bertz CT molecular complexity index is 614. The van der Waals surface area contributed by atoms with Gasteiger partial charge in [-0.15, -0.1) is 11.3 Å². The van der Waals surface area contributed by atoms with E-state index >= 15 is 0 Å². The van der Waals surface area contributed by atoms with Gasteiger partial charge in [0.1, 0.15) is 0 Å². The first kappa shape index (κ1) is 15.5. The summed E-state index contributed by atoms with van der Waals surface area (Å²) in [4.78, 5) is 23.0. The minimum atomic E-state index is -0.302. The molecule has 22 heavy (non-hydrogen) atoms. The van der Waals surface area contributed by atoms with Crippen LogP contribution in [0.3, 0.4) is 0 Å². The summed E-state index contributed by atoms with van der Waals surface area (Å²) in [6.45, 7) is 1.10. The van der Waals surface area contributed by atoms with Gasteiger partial charge in [-0.2, -0.15) is 0 Å². The van der Waals surface area contributed by atoms with E-state index < -0.39 is 0 Å². The van der Waals surface area contributed by atoms with Gasteiger partial charge in [0, 0.05) is 48.4 Å². The Morgan fingerprint density at radius 2 is 2.45 bits per heavy atom. The van der Waals surface area contributed by atoms with Gasteiger partial charge in [0.15, 0.2) is 10.8 Å². The van der Waals surface area contributed by atoms with E-state index in [-0.39, 0.29) is 12.0 Å². The third-order valence-corrected chi connectivity index (χ3v) is 4.97. The third-order valence-electron chi connectivity index (χ3n) is 3.54. The summed E-state index contributed by atoms with van der Waals surface area (Å²) in [6, 6.07) is 0.232. The molecule has 3 rings (SSSR count). The number of ether oxygens (including phenoxy) is 1. The molecular formula is C13H17N5O2S2. The van der Waals surface area contributed by atoms with Crippen LogP contribution in [0.25, 0.3) is 0 Å². The van der Waals surface area contributed by atoms with Gasteiger partial charge in [0.2, 0.25) is 0 Å². The van der Waals surface area contributed by atoms with Crippen LogP contribution in [0.2, 0.25) is 0 Å². The van der Waals surface area contributed by atoms with E-state index in [1.807, 2.05) is 12.4 Å². The van der Waals surface area contributed by atoms with Crippen LogP contribution < -0.4 is 9.44 Å². The van der Waals surface area contributed by atoms with Gasteiger partial charge in [0.25, 0.3) is 0 Å². The van der Waals surface area contributed by atoms with Gasteiger partial charge < -0.3 is 9.64 Å². The van der Waals surface area contributed by atoms with E-state index in [2.05, 4.69) is 24.3 Å². The van der Waals surface area contributed by atoms with Crippen molar-refractivity contribution in [3.05, 3.63) is 27.9 Å². The van der Waals surface area contributed by atoms with Gasteiger partial charge in [-0.3, -0.25) is 9.71 Å². The maximum Gasteiger partial charge on any atom is 0.337 e. The average molecular weight is 339 g/mol. The van der Waals surface area contributed by atoms with Gasteiger partial charge in [0.05, 0.1) is 19.2 Å². The molecule has 0 spiro atoms. The molecule has 2 N–H and O–H groups in total. The Morgan fingerprint density at radius 3 is 3.14 bits per heavy atom. The highest BCUT2D eigenvalue weighted by Gasteiger charge is 2.37. The molecule has 118 valence electrons. The number of nitrogens with zero attached hydrogens (tertiary/aromatic N) is 3. The molecule has 0 bridgehead atoms. The zero-order chi connectivity index (χ0) is 15.5. The summed E-state index contributed by atoms with van der Waals surface area (Å²) in [5.41, 5.74) is 1.63. The number of methoxy groups -OCH3 is 1. The molecule has 2 aliphatic heterocycles. The molecular weight excluding hydrogens is 322 g/mol. The van der Waals surface area contributed by atoms with Gasteiger partial charge in [-0.05, 0) is 7.05 Å². The lowest BCUT2D eigenvalue weighted by atomic mass is 10.1. The number of hydrogen-bond donors (Lipinski definition) is 2. The SMILES string of the molecule is CNSNC1CC2=C(C(=O)OC)CN=C(c3nccs3)N2C1. The number of esters is 1. The van der Waals surface area contributed by atoms with Crippen molar-refractivity contribution in [1.29, 1.82) is 0 Å². The second-order valence-corrected chi connectivity index (χ2v) is 6.57. The summed E-state index contributed by atoms with van der Waals surface area (Å²) in [5, 5.41) is 2.81. The van der Waals surface area contributed by atoms with E-state index in [9.17, 15) is 4.79 Å². The van der Waals surface area contributed by atoms with Crippen molar-refractivity contribution in [1.82, 2.24) is 19.3 Å². The first-order valence-corrected chi connectivity index (χ1v) is 8.54. The van der Waals surface area contributed by atoms with Crippen LogP contribution in [0.1, 0.15) is 11.4 Å². The van der Waals surface area contributed by atoms with Crippen molar-refractivity contribution < 1.29 is 9.53 Å². The Labute approximate surface area is 137 Å². The molecule has 3 heterocycles. The number of aliphatic imine (C=N–C) groups is 1. The van der Waals surface area contributed by atoms with E-state index in [1.165, 1.54) is 19.2 Å². The Hall–Kier alpha value is -1.42. The highest BCUT2D eigenvalue weighted by atomic mass is 32.2. The van der Waals surface area contributed by atoms with E-state index in [0.717, 1.165) is 29.5 Å². The quantitative estimate of drug-likeness (QED) is 0.606. The van der Waals surface area contributed by atoms with Gasteiger partial charge in [-0.25, -0.2) is 14.5 Å². The summed E-state index contributed by atoms with van der Waals surface area (Å²) in [7, 11) is 3.27. The zero-order valence-electron chi connectivity index (χ0n) is 12.3. The fraction of sp³-hybridized carbons (Fsp3) is 0.462. The number of amidine groups is 1. The highest BCUT2D eigenvalue weighted by Crippen LogP contribution is 2.31. The first-order chi connectivity index (χ1) is 10.7. The Kier molecular flexibility index (Phi) is 4.77. The predicted octanol–water partition coefficient (Wildman–Crippen LogP) is 0.777. The average Bonchev–Trinajstić information content (AvgIpc) is 3.20. The minimum absolute atomic E-state index is 0.232. The number of fused-ring (bicyclic) bond motifs is 1. The lowest BCUT2D eigenvalue weighted by Gasteiger charge is -2.26. The molecule has 1 aromatic rings. The molecule has 1 atom stereocenters. The van der Waals surface area contributed by atoms with Crippen LogP contribution >= 0.6 is 23.5 Å². The van der Waals surface area contributed by atoms with Crippen LogP contribution in [0.15, 0.2) is 27.8 Å². The molecule has 1 fully saturated rings. The third kappa shape index (κ3) is 2.89. The fourth-order valence-electron chi connectivity index (χ4n) is 2.61. The smallest absolute Gasteiger partial charge is 0.337 e. The molecule has 2 aliphatic rings. The van der Waals surface area contributed by atoms with Crippen molar-refractivity contribution in [2.45, 2.75) is 12.5 Å². The molecule has 0 amide bonds. The Morgan fingerprint density at radius 1 is 1.59 bits per heavy atom. The second-order valence-electron chi connectivity index (χ2n) is 4.83. The number of thiazole rings is 1. The lowest BCUT2D eigenvalue weighted by Crippen LogP contribution is -2.36. The van der Waals surface area contributed by atoms with E-state index in [1.54, 1.807) is 17.5 Å². The normalized spacial score (nSPS) is 20.9. The van der Waals surface area contributed by atoms with E-state index in [0.29, 0.717) is 12.1 Å². The summed E-state index contributed by atoms with van der Waals surface area (Å²) >= 11 is 3.00. The topological polar surface area (TPSA) is 78.8 Å². The summed E-state index contributed by atoms with van der Waals surface area (Å²) < 4.78 is 11.2. The Balaban J connectivity index is 1.89. The molecule has 0 aromatic carbocycles. The summed E-state index contributed by atoms with van der Waals surface area (Å²) in [5.74, 6) is 0.542. The first-order valence-electron chi connectivity index (χ1n) is 6.85. The monoisotopic (exact) mass is 339 g/mol. The maximum atomic E-state index is 12.0. The van der Waals surface area contributed by atoms with Crippen LogP contribution in [-0.2, 0) is 9.53 Å². The number of nitrogens with one attached hydrogen (secondary N) is 2. The minimum Gasteiger partial charge on any atom is -0.466 e. The lowest BCUT2D eigenvalue weighted by molar-refractivity contribution is -0.136. The number of carbonyl (C=O) groups excluding carboxylic acids is 1. The van der Waals surface area contributed by atoms with Crippen LogP contribution in [-0.4, -0.2) is 55.0 Å². The molecule has 1 saturated heterocycles. The van der Waals surface area contributed by atoms with Gasteiger partial charge in [-0.1, -0.05) is 0 Å². The van der Waals surface area contributed by atoms with Crippen molar-refractivity contribution in [2.24, 2.45) is 4.99 Å². The molecule has 0 aliphatic carbocycles. The number of hydrogen-bond acceptors (Lipinski definition) is 9. The van der Waals surface area contributed by atoms with Crippen molar-refractivity contribution in [3.8, 4) is 0 Å². The van der Waals surface area contributed by atoms with Gasteiger partial charge >= 0.3 is 5.97 Å². The van der Waals surface area contributed by atoms with Crippen molar-refractivity contribution >= 4 is 35.3 Å². The molecule has 1 unspecified atom stereocenters. The molecule has 0 saturated carbocycles. The van der Waals surface area contributed by atoms with Crippen LogP contribution in [0, 0.1) is 0 Å². The maximum absolute atomic E-state index is 12.0. The summed E-state index contributed by atoms with van der Waals surface area (Å²) in [6.07, 6.45) is 2.54. The van der Waals surface area contributed by atoms with Crippen molar-refractivity contribution in [3.63, 3.8) is 0 Å². The second kappa shape index (κ2) is 6.78. The molecule has 0 radical (unpaired) electrons. The van der Waals surface area contributed by atoms with Crippen molar-refractivity contribution in [2.75, 3.05) is 27.2 Å². The number of carbonyl (C=O) groups is 1. The van der Waals surface area contributed by atoms with Crippen LogP contribution in [0.5, 0.6) is 0 Å². The standard InChI is InChI=1S/C13H17N5O2S2/c1-14-22-17-8-5-10-9(13(19)20-2)6-16-11(18(10)7-8)12-15-3-4-21-12/h3-4,8,14,17H,5-7H2,1-2H3. The fourth-order valence-corrected chi connectivity index (χ4v) is 3.71. The number of aromatic nitrogens is 1. The molecule has 1 aromatic heterocycles. The number of rotatable bonds is 5. The van der Waals surface area contributed by atoms with Crippen LogP contribution in [0.4, 0.5) is 0 Å². The zero-order valence-corrected chi connectivity index (χ0v) is 14.0. The van der Waals surface area contributed by atoms with E-state index in [4.69, 9.17) is 4.74 Å². The largest absolute Gasteiger partial charge is 0.466 e.